The van der Waals surface area contributed by atoms with Gasteiger partial charge in [-0.3, -0.25) is 9.78 Å². The highest BCUT2D eigenvalue weighted by Gasteiger charge is 2.59. The highest BCUT2D eigenvalue weighted by molar-refractivity contribution is 5.82. The summed E-state index contributed by atoms with van der Waals surface area (Å²) in [6.07, 6.45) is 14.5. The van der Waals surface area contributed by atoms with Gasteiger partial charge in [0.25, 0.3) is 0 Å². The van der Waals surface area contributed by atoms with Crippen LogP contribution in [0.25, 0.3) is 5.57 Å². The van der Waals surface area contributed by atoms with E-state index in [1.54, 1.807) is 5.57 Å². The van der Waals surface area contributed by atoms with Crippen LogP contribution in [0.4, 0.5) is 0 Å². The molecule has 25 heavy (non-hydrogen) atoms. The molecule has 2 heteroatoms. The Morgan fingerprint density at radius 3 is 2.84 bits per heavy atom. The number of hydrogen-bond donors (Lipinski definition) is 0. The molecule has 3 fully saturated rings. The van der Waals surface area contributed by atoms with Crippen molar-refractivity contribution in [1.82, 2.24) is 4.98 Å². The average Bonchev–Trinajstić information content (AvgIpc) is 3.10. The second-order valence-corrected chi connectivity index (χ2v) is 9.63. The lowest BCUT2D eigenvalue weighted by atomic mass is 9.47. The first-order valence-corrected chi connectivity index (χ1v) is 10.1. The maximum atomic E-state index is 12.2. The average molecular weight is 335 g/mol. The van der Waals surface area contributed by atoms with Gasteiger partial charge in [-0.25, -0.2) is 0 Å². The molecule has 0 spiro atoms. The van der Waals surface area contributed by atoms with E-state index < -0.39 is 0 Å². The molecule has 0 aromatic carbocycles. The molecule has 0 radical (unpaired) electrons. The number of carbonyl (C=O) groups excluding carboxylic acids is 1. The molecule has 5 rings (SSSR count). The van der Waals surface area contributed by atoms with Gasteiger partial charge in [-0.2, -0.15) is 0 Å². The van der Waals surface area contributed by atoms with Crippen LogP contribution >= 0.6 is 0 Å². The number of fused-ring (bicyclic) bond motifs is 5. The van der Waals surface area contributed by atoms with Crippen LogP contribution in [0, 0.1) is 34.5 Å². The van der Waals surface area contributed by atoms with Crippen LogP contribution in [0.3, 0.4) is 0 Å². The SMILES string of the molecule is C[C@]12CC(=O)CC1CC[C@@H]1[C@@H]2CC[C@]2(C)C(c3cccnc3)=CC[C@@H]12. The molecule has 1 unspecified atom stereocenters. The molecule has 0 N–H and O–H groups in total. The van der Waals surface area contributed by atoms with Gasteiger partial charge in [0.05, 0.1) is 0 Å². The quantitative estimate of drug-likeness (QED) is 0.697. The van der Waals surface area contributed by atoms with Crippen molar-refractivity contribution in [3.63, 3.8) is 0 Å². The Hall–Kier alpha value is -1.44. The van der Waals surface area contributed by atoms with E-state index in [4.69, 9.17) is 0 Å². The highest BCUT2D eigenvalue weighted by atomic mass is 16.1. The van der Waals surface area contributed by atoms with Crippen LogP contribution in [-0.4, -0.2) is 10.8 Å². The van der Waals surface area contributed by atoms with Crippen molar-refractivity contribution in [1.29, 1.82) is 0 Å². The summed E-state index contributed by atoms with van der Waals surface area (Å²) in [5, 5.41) is 0. The monoisotopic (exact) mass is 335 g/mol. The first kappa shape index (κ1) is 15.8. The van der Waals surface area contributed by atoms with Crippen LogP contribution < -0.4 is 0 Å². The third kappa shape index (κ3) is 2.09. The molecule has 1 heterocycles. The fraction of sp³-hybridized carbons (Fsp3) is 0.652. The molecule has 0 bridgehead atoms. The van der Waals surface area contributed by atoms with Crippen LogP contribution in [0.5, 0.6) is 0 Å². The van der Waals surface area contributed by atoms with Crippen LogP contribution in [0.2, 0.25) is 0 Å². The molecule has 1 aromatic heterocycles. The van der Waals surface area contributed by atoms with E-state index in [1.165, 1.54) is 37.7 Å². The Balaban J connectivity index is 1.47. The van der Waals surface area contributed by atoms with E-state index in [0.717, 1.165) is 30.6 Å². The highest BCUT2D eigenvalue weighted by Crippen LogP contribution is 2.67. The molecular weight excluding hydrogens is 306 g/mol. The Morgan fingerprint density at radius 1 is 1.16 bits per heavy atom. The van der Waals surface area contributed by atoms with E-state index in [0.29, 0.717) is 22.5 Å². The zero-order valence-electron chi connectivity index (χ0n) is 15.5. The first-order valence-electron chi connectivity index (χ1n) is 10.1. The molecule has 2 nitrogen and oxygen atoms in total. The summed E-state index contributed by atoms with van der Waals surface area (Å²) in [6, 6.07) is 4.29. The van der Waals surface area contributed by atoms with Crippen LogP contribution in [0.15, 0.2) is 30.6 Å². The van der Waals surface area contributed by atoms with Crippen molar-refractivity contribution in [3.05, 3.63) is 36.2 Å². The number of ketones is 1. The minimum absolute atomic E-state index is 0.290. The van der Waals surface area contributed by atoms with Gasteiger partial charge in [0.15, 0.2) is 0 Å². The molecule has 6 atom stereocenters. The lowest BCUT2D eigenvalue weighted by molar-refractivity contribution is -0.118. The van der Waals surface area contributed by atoms with E-state index >= 15 is 0 Å². The molecule has 0 aliphatic heterocycles. The summed E-state index contributed by atoms with van der Waals surface area (Å²) in [6.45, 7) is 4.96. The number of rotatable bonds is 1. The maximum Gasteiger partial charge on any atom is 0.133 e. The molecular formula is C23H29NO. The van der Waals surface area contributed by atoms with Gasteiger partial charge < -0.3 is 0 Å². The predicted octanol–water partition coefficient (Wildman–Crippen LogP) is 5.30. The van der Waals surface area contributed by atoms with Crippen molar-refractivity contribution in [2.75, 3.05) is 0 Å². The summed E-state index contributed by atoms with van der Waals surface area (Å²) in [5.74, 6) is 3.52. The fourth-order valence-corrected chi connectivity index (χ4v) is 7.45. The van der Waals surface area contributed by atoms with Gasteiger partial charge in [0.1, 0.15) is 5.78 Å². The van der Waals surface area contributed by atoms with Crippen molar-refractivity contribution in [2.45, 2.75) is 58.8 Å². The second kappa shape index (κ2) is 5.28. The predicted molar refractivity (Wildman–Crippen MR) is 99.7 cm³/mol. The van der Waals surface area contributed by atoms with Gasteiger partial charge >= 0.3 is 0 Å². The number of pyridine rings is 1. The zero-order chi connectivity index (χ0) is 17.2. The van der Waals surface area contributed by atoms with Gasteiger partial charge in [-0.1, -0.05) is 26.0 Å². The van der Waals surface area contributed by atoms with Crippen LogP contribution in [-0.2, 0) is 4.79 Å². The van der Waals surface area contributed by atoms with Crippen molar-refractivity contribution >= 4 is 11.4 Å². The molecule has 4 aliphatic carbocycles. The standard InChI is InChI=1S/C23H29NO/c1-22-10-9-21-18(6-5-16-12-17(25)13-23(16,21)2)20(22)8-7-19(22)15-4-3-11-24-14-15/h3-4,7,11,14,16,18,20-21H,5-6,8-10,12-13H2,1-2H3/t16?,18-,20-,21-,22+,23-/m0/s1. The van der Waals surface area contributed by atoms with Gasteiger partial charge in [0.2, 0.25) is 0 Å². The lowest BCUT2D eigenvalue weighted by Gasteiger charge is -2.57. The Bertz CT molecular complexity index is 738. The number of hydrogen-bond acceptors (Lipinski definition) is 2. The summed E-state index contributed by atoms with van der Waals surface area (Å²) < 4.78 is 0. The summed E-state index contributed by atoms with van der Waals surface area (Å²) >= 11 is 0. The fourth-order valence-electron chi connectivity index (χ4n) is 7.45. The molecule has 4 aliphatic rings. The smallest absolute Gasteiger partial charge is 0.133 e. The normalized spacial score (nSPS) is 45.5. The van der Waals surface area contributed by atoms with Gasteiger partial charge in [0, 0.05) is 25.2 Å². The Morgan fingerprint density at radius 2 is 2.04 bits per heavy atom. The lowest BCUT2D eigenvalue weighted by Crippen LogP contribution is -2.49. The molecule has 0 amide bonds. The minimum Gasteiger partial charge on any atom is -0.300 e. The summed E-state index contributed by atoms with van der Waals surface area (Å²) in [4.78, 5) is 16.6. The summed E-state index contributed by atoms with van der Waals surface area (Å²) in [7, 11) is 0. The van der Waals surface area contributed by atoms with Gasteiger partial charge in [-0.05, 0) is 83.8 Å². The second-order valence-electron chi connectivity index (χ2n) is 9.63. The minimum atomic E-state index is 0.290. The van der Waals surface area contributed by atoms with Gasteiger partial charge in [-0.15, -0.1) is 0 Å². The number of aromatic nitrogens is 1. The number of nitrogens with zero attached hydrogens (tertiary/aromatic N) is 1. The topological polar surface area (TPSA) is 30.0 Å². The van der Waals surface area contributed by atoms with Crippen molar-refractivity contribution in [3.8, 4) is 0 Å². The molecule has 0 saturated heterocycles. The number of carbonyl (C=O) groups is 1. The largest absolute Gasteiger partial charge is 0.300 e. The number of Topliss-reactive ketones (excluding diaryl/α,β-unsaturated/α-hetero) is 1. The summed E-state index contributed by atoms with van der Waals surface area (Å²) in [5.41, 5.74) is 3.45. The van der Waals surface area contributed by atoms with E-state index in [2.05, 4.69) is 37.0 Å². The Labute approximate surface area is 151 Å². The molecule has 3 saturated carbocycles. The van der Waals surface area contributed by atoms with E-state index in [9.17, 15) is 4.79 Å². The van der Waals surface area contributed by atoms with E-state index in [1.807, 2.05) is 12.4 Å². The van der Waals surface area contributed by atoms with Crippen LogP contribution in [0.1, 0.15) is 64.4 Å². The van der Waals surface area contributed by atoms with E-state index in [-0.39, 0.29) is 0 Å². The Kier molecular flexibility index (Phi) is 3.34. The first-order chi connectivity index (χ1) is 12.0. The molecule has 132 valence electrons. The maximum absolute atomic E-state index is 12.2. The molecule has 1 aromatic rings. The van der Waals surface area contributed by atoms with Crippen molar-refractivity contribution in [2.24, 2.45) is 34.5 Å². The number of allylic oxidation sites excluding steroid dienone is 2. The van der Waals surface area contributed by atoms with Crippen molar-refractivity contribution < 1.29 is 4.79 Å². The third-order valence-corrected chi connectivity index (χ3v) is 8.67. The third-order valence-electron chi connectivity index (χ3n) is 8.67. The zero-order valence-corrected chi connectivity index (χ0v) is 15.5.